The summed E-state index contributed by atoms with van der Waals surface area (Å²) < 4.78 is 0. The average molecular weight is 248 g/mol. The van der Waals surface area contributed by atoms with Crippen LogP contribution in [0.2, 0.25) is 0 Å². The quantitative estimate of drug-likeness (QED) is 0.760. The molecule has 4 saturated carbocycles. The highest BCUT2D eigenvalue weighted by Crippen LogP contribution is 2.55. The fourth-order valence-corrected chi connectivity index (χ4v) is 5.49. The molecule has 0 atom stereocenters. The zero-order valence-electron chi connectivity index (χ0n) is 11.2. The molecule has 0 unspecified atom stereocenters. The predicted octanol–water partition coefficient (Wildman–Crippen LogP) is 2.76. The van der Waals surface area contributed by atoms with Crippen LogP contribution >= 0.6 is 0 Å². The summed E-state index contributed by atoms with van der Waals surface area (Å²) in [4.78, 5) is 14.4. The first-order chi connectivity index (χ1) is 8.72. The van der Waals surface area contributed by atoms with Gasteiger partial charge in [-0.1, -0.05) is 0 Å². The highest BCUT2D eigenvalue weighted by atomic mass is 16.2. The van der Waals surface area contributed by atoms with Gasteiger partial charge in [-0.05, 0) is 69.1 Å². The van der Waals surface area contributed by atoms with Crippen molar-refractivity contribution in [3.8, 4) is 0 Å². The van der Waals surface area contributed by atoms with Gasteiger partial charge >= 0.3 is 6.03 Å². The Balaban J connectivity index is 1.48. The summed E-state index contributed by atoms with van der Waals surface area (Å²) in [7, 11) is 0. The van der Waals surface area contributed by atoms with Gasteiger partial charge in [-0.2, -0.15) is 0 Å². The van der Waals surface area contributed by atoms with Crippen molar-refractivity contribution in [3.05, 3.63) is 0 Å². The number of likely N-dealkylation sites (tertiary alicyclic amines) is 1. The van der Waals surface area contributed by atoms with E-state index in [0.29, 0.717) is 0 Å². The number of carbonyl (C=O) groups excluding carboxylic acids is 1. The zero-order chi connectivity index (χ0) is 12.2. The first kappa shape index (κ1) is 11.1. The Kier molecular flexibility index (Phi) is 2.40. The van der Waals surface area contributed by atoms with E-state index in [1.807, 2.05) is 4.90 Å². The second kappa shape index (κ2) is 3.88. The summed E-state index contributed by atoms with van der Waals surface area (Å²) in [6.45, 7) is 1.94. The van der Waals surface area contributed by atoms with Gasteiger partial charge in [-0.25, -0.2) is 4.79 Å². The van der Waals surface area contributed by atoms with Crippen LogP contribution in [0.3, 0.4) is 0 Å². The zero-order valence-corrected chi connectivity index (χ0v) is 11.2. The Bertz CT molecular complexity index is 324. The number of rotatable bonds is 1. The summed E-state index contributed by atoms with van der Waals surface area (Å²) in [5, 5.41) is 3.45. The standard InChI is InChI=1S/C15H24N2O/c18-14(17-3-1-2-4-17)16-15-8-11-5-12(9-15)7-13(6-11)10-15/h11-13H,1-10H2,(H,16,18). The third-order valence-corrected chi connectivity index (χ3v) is 5.80. The van der Waals surface area contributed by atoms with E-state index in [4.69, 9.17) is 0 Å². The molecule has 0 aromatic carbocycles. The Morgan fingerprint density at radius 1 is 0.944 bits per heavy atom. The Labute approximate surface area is 109 Å². The third-order valence-electron chi connectivity index (χ3n) is 5.80. The van der Waals surface area contributed by atoms with Crippen LogP contribution in [0.1, 0.15) is 51.4 Å². The molecule has 1 saturated heterocycles. The van der Waals surface area contributed by atoms with Gasteiger partial charge < -0.3 is 10.2 Å². The lowest BCUT2D eigenvalue weighted by molar-refractivity contribution is -0.0153. The van der Waals surface area contributed by atoms with E-state index in [1.165, 1.54) is 51.4 Å². The number of hydrogen-bond donors (Lipinski definition) is 1. The molecular weight excluding hydrogens is 224 g/mol. The first-order valence-electron chi connectivity index (χ1n) is 7.80. The summed E-state index contributed by atoms with van der Waals surface area (Å²) in [5.74, 6) is 2.74. The predicted molar refractivity (Wildman–Crippen MR) is 70.2 cm³/mol. The molecule has 18 heavy (non-hydrogen) atoms. The molecule has 4 aliphatic carbocycles. The van der Waals surface area contributed by atoms with Crippen LogP contribution < -0.4 is 5.32 Å². The number of urea groups is 1. The minimum absolute atomic E-state index is 0.189. The van der Waals surface area contributed by atoms with Crippen LogP contribution in [0.4, 0.5) is 4.79 Å². The van der Waals surface area contributed by atoms with Gasteiger partial charge in [0.2, 0.25) is 0 Å². The topological polar surface area (TPSA) is 32.3 Å². The van der Waals surface area contributed by atoms with Crippen LogP contribution in [0, 0.1) is 17.8 Å². The minimum Gasteiger partial charge on any atom is -0.333 e. The summed E-state index contributed by atoms with van der Waals surface area (Å²) in [6.07, 6.45) is 10.5. The van der Waals surface area contributed by atoms with Crippen LogP contribution in [-0.2, 0) is 0 Å². The molecule has 1 aliphatic heterocycles. The van der Waals surface area contributed by atoms with Crippen LogP contribution in [0.25, 0.3) is 0 Å². The number of nitrogens with one attached hydrogen (secondary N) is 1. The fraction of sp³-hybridized carbons (Fsp3) is 0.933. The summed E-state index contributed by atoms with van der Waals surface area (Å²) >= 11 is 0. The van der Waals surface area contributed by atoms with Gasteiger partial charge in [0.1, 0.15) is 0 Å². The molecule has 3 nitrogen and oxygen atoms in total. The van der Waals surface area contributed by atoms with Crippen molar-refractivity contribution in [1.82, 2.24) is 10.2 Å². The van der Waals surface area contributed by atoms with Crippen LogP contribution in [-0.4, -0.2) is 29.6 Å². The van der Waals surface area contributed by atoms with Crippen molar-refractivity contribution in [3.63, 3.8) is 0 Å². The maximum atomic E-state index is 12.3. The van der Waals surface area contributed by atoms with Gasteiger partial charge in [0.25, 0.3) is 0 Å². The molecule has 1 N–H and O–H groups in total. The second-order valence-electron chi connectivity index (χ2n) is 7.32. The van der Waals surface area contributed by atoms with Crippen molar-refractivity contribution >= 4 is 6.03 Å². The lowest BCUT2D eigenvalue weighted by Gasteiger charge is -2.57. The number of hydrogen-bond acceptors (Lipinski definition) is 1. The maximum Gasteiger partial charge on any atom is 0.317 e. The van der Waals surface area contributed by atoms with Crippen molar-refractivity contribution < 1.29 is 4.79 Å². The van der Waals surface area contributed by atoms with E-state index in [9.17, 15) is 4.79 Å². The molecule has 5 rings (SSSR count). The van der Waals surface area contributed by atoms with Crippen LogP contribution in [0.15, 0.2) is 0 Å². The summed E-state index contributed by atoms with van der Waals surface area (Å²) in [6, 6.07) is 0.231. The SMILES string of the molecule is O=C(NC12CC3CC(CC(C3)C1)C2)N1CCCC1. The van der Waals surface area contributed by atoms with Gasteiger partial charge in [0, 0.05) is 18.6 Å². The molecule has 0 aromatic rings. The van der Waals surface area contributed by atoms with E-state index in [-0.39, 0.29) is 11.6 Å². The Morgan fingerprint density at radius 2 is 1.44 bits per heavy atom. The fourth-order valence-electron chi connectivity index (χ4n) is 5.49. The second-order valence-corrected chi connectivity index (χ2v) is 7.32. The third kappa shape index (κ3) is 1.74. The van der Waals surface area contributed by atoms with Gasteiger partial charge in [-0.15, -0.1) is 0 Å². The highest BCUT2D eigenvalue weighted by molar-refractivity contribution is 5.75. The summed E-state index contributed by atoms with van der Waals surface area (Å²) in [5.41, 5.74) is 0.189. The van der Waals surface area contributed by atoms with E-state index >= 15 is 0 Å². The maximum absolute atomic E-state index is 12.3. The number of nitrogens with zero attached hydrogens (tertiary/aromatic N) is 1. The molecule has 100 valence electrons. The molecule has 0 spiro atoms. The minimum atomic E-state index is 0.189. The molecule has 2 amide bonds. The lowest BCUT2D eigenvalue weighted by atomic mass is 9.53. The highest BCUT2D eigenvalue weighted by Gasteiger charge is 2.51. The van der Waals surface area contributed by atoms with Crippen molar-refractivity contribution in [2.24, 2.45) is 17.8 Å². The van der Waals surface area contributed by atoms with Gasteiger partial charge in [0.05, 0.1) is 0 Å². The number of carbonyl (C=O) groups is 1. The first-order valence-corrected chi connectivity index (χ1v) is 7.80. The number of amides is 2. The van der Waals surface area contributed by atoms with Crippen molar-refractivity contribution in [2.75, 3.05) is 13.1 Å². The van der Waals surface area contributed by atoms with E-state index < -0.39 is 0 Å². The lowest BCUT2D eigenvalue weighted by Crippen LogP contribution is -2.61. The largest absolute Gasteiger partial charge is 0.333 e. The smallest absolute Gasteiger partial charge is 0.317 e. The normalized spacial score (nSPS) is 45.6. The molecule has 5 fully saturated rings. The molecular formula is C15H24N2O. The Hall–Kier alpha value is -0.730. The molecule has 0 radical (unpaired) electrons. The molecule has 4 bridgehead atoms. The van der Waals surface area contributed by atoms with E-state index in [1.54, 1.807) is 0 Å². The molecule has 5 aliphatic rings. The Morgan fingerprint density at radius 3 is 1.94 bits per heavy atom. The molecule has 1 heterocycles. The van der Waals surface area contributed by atoms with E-state index in [2.05, 4.69) is 5.32 Å². The van der Waals surface area contributed by atoms with Gasteiger partial charge in [-0.3, -0.25) is 0 Å². The van der Waals surface area contributed by atoms with E-state index in [0.717, 1.165) is 30.8 Å². The molecule has 3 heteroatoms. The van der Waals surface area contributed by atoms with Crippen LogP contribution in [0.5, 0.6) is 0 Å². The van der Waals surface area contributed by atoms with Crippen molar-refractivity contribution in [2.45, 2.75) is 56.9 Å². The van der Waals surface area contributed by atoms with Crippen molar-refractivity contribution in [1.29, 1.82) is 0 Å². The molecule has 0 aromatic heterocycles. The monoisotopic (exact) mass is 248 g/mol. The van der Waals surface area contributed by atoms with Gasteiger partial charge in [0.15, 0.2) is 0 Å². The average Bonchev–Trinajstić information content (AvgIpc) is 2.79.